The molecule has 1 aliphatic heterocycles. The van der Waals surface area contributed by atoms with Gasteiger partial charge in [0.15, 0.2) is 0 Å². The minimum absolute atomic E-state index is 0.0477. The molecule has 9 heteroatoms. The van der Waals surface area contributed by atoms with Gasteiger partial charge in [-0.2, -0.15) is 0 Å². The van der Waals surface area contributed by atoms with Gasteiger partial charge in [-0.3, -0.25) is 4.79 Å². The number of aliphatic hydroxyl groups excluding tert-OH is 2. The van der Waals surface area contributed by atoms with Crippen molar-refractivity contribution < 1.29 is 24.5 Å². The Balaban J connectivity index is 0.958. The number of fused-ring (bicyclic) bond motifs is 5. The summed E-state index contributed by atoms with van der Waals surface area (Å²) in [6.45, 7) is 8.26. The number of hydrogen-bond acceptors (Lipinski definition) is 5. The molecule has 1 heterocycles. The fraction of sp³-hybridized carbons (Fsp3) is 0.771. The highest BCUT2D eigenvalue weighted by molar-refractivity contribution is 6.34. The highest BCUT2D eigenvalue weighted by atomic mass is 35.5. The average molecular weight is 650 g/mol. The number of amides is 2. The normalized spacial score (nSPS) is 39.0. The lowest BCUT2D eigenvalue weighted by Crippen LogP contribution is -2.61. The third kappa shape index (κ3) is 6.12. The van der Waals surface area contributed by atoms with E-state index in [9.17, 15) is 19.8 Å². The quantitative estimate of drug-likeness (QED) is 0.301. The van der Waals surface area contributed by atoms with Gasteiger partial charge >= 0.3 is 6.09 Å². The lowest BCUT2D eigenvalue weighted by molar-refractivity contribution is -0.174. The number of carbonyl (C=O) groups excluding carboxylic acids is 2. The first-order valence-corrected chi connectivity index (χ1v) is 17.6. The topological polar surface area (TPSA) is 99.1 Å². The summed E-state index contributed by atoms with van der Waals surface area (Å²) in [7, 11) is 0. The van der Waals surface area contributed by atoms with Crippen LogP contribution in [-0.4, -0.2) is 58.5 Å². The van der Waals surface area contributed by atoms with E-state index in [1.54, 1.807) is 23.1 Å². The van der Waals surface area contributed by atoms with Crippen LogP contribution in [0.1, 0.15) is 90.5 Å². The standard InChI is InChI=1S/C35H50Cl2N2O5/c1-20(4-7-31(42)38-25-17-39(18-25)33(43)44-19-21-12-23(36)16-24(37)13-21)27-5-6-28-32-29(9-11-35(27,28)3)34(2)10-8-26(40)14-22(34)15-30(32)41/h12-13,16,20,22,25-30,32,40-41H,4-11,14-15,17-19H2,1-3H3,(H,38,42)/t20-,22+,26-,27-,28+,29+,30+,32+,34+,35-/m1/s1. The van der Waals surface area contributed by atoms with Crippen LogP contribution in [0.4, 0.5) is 4.79 Å². The maximum absolute atomic E-state index is 12.9. The minimum atomic E-state index is -0.410. The van der Waals surface area contributed by atoms with Crippen molar-refractivity contribution in [3.63, 3.8) is 0 Å². The van der Waals surface area contributed by atoms with E-state index in [2.05, 4.69) is 26.1 Å². The molecule has 5 aliphatic rings. The van der Waals surface area contributed by atoms with E-state index in [1.807, 2.05) is 0 Å². The summed E-state index contributed by atoms with van der Waals surface area (Å²) in [4.78, 5) is 26.9. The predicted octanol–water partition coefficient (Wildman–Crippen LogP) is 6.84. The van der Waals surface area contributed by atoms with E-state index in [-0.39, 0.29) is 41.6 Å². The van der Waals surface area contributed by atoms with Crippen LogP contribution in [0.3, 0.4) is 0 Å². The molecule has 44 heavy (non-hydrogen) atoms. The highest BCUT2D eigenvalue weighted by Crippen LogP contribution is 2.68. The molecule has 3 N–H and O–H groups in total. The number of likely N-dealkylation sites (tertiary alicyclic amines) is 1. The number of nitrogens with zero attached hydrogens (tertiary/aromatic N) is 1. The zero-order chi connectivity index (χ0) is 31.4. The van der Waals surface area contributed by atoms with Crippen molar-refractivity contribution in [2.45, 2.75) is 110 Å². The third-order valence-corrected chi connectivity index (χ3v) is 13.5. The molecule has 4 aliphatic carbocycles. The Bertz CT molecular complexity index is 1220. The second kappa shape index (κ2) is 12.6. The smallest absolute Gasteiger partial charge is 0.410 e. The second-order valence-electron chi connectivity index (χ2n) is 15.5. The van der Waals surface area contributed by atoms with Gasteiger partial charge in [0.1, 0.15) is 6.61 Å². The van der Waals surface area contributed by atoms with Crippen LogP contribution in [0.2, 0.25) is 10.0 Å². The van der Waals surface area contributed by atoms with Crippen molar-refractivity contribution in [3.05, 3.63) is 33.8 Å². The number of aliphatic hydroxyl groups is 2. The second-order valence-corrected chi connectivity index (χ2v) is 16.3. The lowest BCUT2D eigenvalue weighted by Gasteiger charge is -2.62. The maximum atomic E-state index is 12.9. The summed E-state index contributed by atoms with van der Waals surface area (Å²) >= 11 is 12.0. The molecule has 0 bridgehead atoms. The Morgan fingerprint density at radius 1 is 1.00 bits per heavy atom. The number of rotatable bonds is 7. The summed E-state index contributed by atoms with van der Waals surface area (Å²) < 4.78 is 5.39. The van der Waals surface area contributed by atoms with E-state index < -0.39 is 6.09 Å². The van der Waals surface area contributed by atoms with Gasteiger partial charge in [0, 0.05) is 29.6 Å². The van der Waals surface area contributed by atoms with Gasteiger partial charge in [0.2, 0.25) is 5.91 Å². The largest absolute Gasteiger partial charge is 0.445 e. The minimum Gasteiger partial charge on any atom is -0.445 e. The Morgan fingerprint density at radius 3 is 2.41 bits per heavy atom. The van der Waals surface area contributed by atoms with Crippen LogP contribution in [0.5, 0.6) is 0 Å². The van der Waals surface area contributed by atoms with E-state index in [4.69, 9.17) is 27.9 Å². The molecule has 0 aromatic heterocycles. The first-order valence-electron chi connectivity index (χ1n) is 16.9. The molecule has 1 aromatic carbocycles. The summed E-state index contributed by atoms with van der Waals surface area (Å²) in [6, 6.07) is 5.02. The number of carbonyl (C=O) groups is 2. The molecule has 1 saturated heterocycles. The summed E-state index contributed by atoms with van der Waals surface area (Å²) in [5.41, 5.74) is 1.18. The number of halogens is 2. The van der Waals surface area contributed by atoms with Crippen molar-refractivity contribution in [2.75, 3.05) is 13.1 Å². The molecule has 1 aromatic rings. The van der Waals surface area contributed by atoms with Crippen LogP contribution >= 0.6 is 23.2 Å². The van der Waals surface area contributed by atoms with Crippen LogP contribution in [0.15, 0.2) is 18.2 Å². The van der Waals surface area contributed by atoms with Gasteiger partial charge in [0.25, 0.3) is 0 Å². The molecule has 2 amide bonds. The Morgan fingerprint density at radius 2 is 1.68 bits per heavy atom. The fourth-order valence-electron chi connectivity index (χ4n) is 10.7. The maximum Gasteiger partial charge on any atom is 0.410 e. The summed E-state index contributed by atoms with van der Waals surface area (Å²) in [6.07, 6.45) is 8.89. The van der Waals surface area contributed by atoms with Crippen molar-refractivity contribution >= 4 is 35.2 Å². The van der Waals surface area contributed by atoms with Crippen molar-refractivity contribution in [1.82, 2.24) is 10.2 Å². The number of nitrogens with one attached hydrogen (secondary N) is 1. The van der Waals surface area contributed by atoms with Gasteiger partial charge in [0.05, 0.1) is 18.2 Å². The molecule has 244 valence electrons. The van der Waals surface area contributed by atoms with E-state index >= 15 is 0 Å². The van der Waals surface area contributed by atoms with Gasteiger partial charge < -0.3 is 25.2 Å². The molecule has 5 fully saturated rings. The molecule has 4 saturated carbocycles. The predicted molar refractivity (Wildman–Crippen MR) is 171 cm³/mol. The Hall–Kier alpha value is -1.54. The van der Waals surface area contributed by atoms with Crippen LogP contribution in [-0.2, 0) is 16.1 Å². The Kier molecular flexibility index (Phi) is 9.26. The zero-order valence-electron chi connectivity index (χ0n) is 26.4. The SMILES string of the molecule is C[C@H](CCC(=O)NC1CN(C(=O)OCc2cc(Cl)cc(Cl)c2)C1)[C@H]1CC[C@H]2[C@@H]3[C@@H](O)C[C@@H]4C[C@H](O)CC[C@]4(C)[C@H]3CC[C@]12C. The number of ether oxygens (including phenoxy) is 1. The molecule has 7 nitrogen and oxygen atoms in total. The van der Waals surface area contributed by atoms with E-state index in [0.717, 1.165) is 37.7 Å². The van der Waals surface area contributed by atoms with Gasteiger partial charge in [-0.1, -0.05) is 44.0 Å². The molecule has 0 spiro atoms. The first kappa shape index (κ1) is 32.4. The summed E-state index contributed by atoms with van der Waals surface area (Å²) in [5.74, 6) is 2.94. The van der Waals surface area contributed by atoms with E-state index in [1.165, 1.54) is 25.7 Å². The monoisotopic (exact) mass is 648 g/mol. The first-order chi connectivity index (χ1) is 20.9. The summed E-state index contributed by atoms with van der Waals surface area (Å²) in [5, 5.41) is 25.9. The molecule has 0 unspecified atom stereocenters. The fourth-order valence-corrected chi connectivity index (χ4v) is 11.3. The lowest BCUT2D eigenvalue weighted by atomic mass is 9.43. The highest BCUT2D eigenvalue weighted by Gasteiger charge is 2.62. The molecular formula is C35H50Cl2N2O5. The number of hydrogen-bond donors (Lipinski definition) is 3. The molecule has 10 atom stereocenters. The van der Waals surface area contributed by atoms with Gasteiger partial charge in [-0.25, -0.2) is 4.79 Å². The van der Waals surface area contributed by atoms with Crippen LogP contribution in [0, 0.1) is 46.3 Å². The van der Waals surface area contributed by atoms with Crippen molar-refractivity contribution in [3.8, 4) is 0 Å². The number of benzene rings is 1. The van der Waals surface area contributed by atoms with Crippen molar-refractivity contribution in [1.29, 1.82) is 0 Å². The molecule has 0 radical (unpaired) electrons. The average Bonchev–Trinajstić information content (AvgIpc) is 3.30. The zero-order valence-corrected chi connectivity index (χ0v) is 28.0. The van der Waals surface area contributed by atoms with Gasteiger partial charge in [-0.15, -0.1) is 0 Å². The molecule has 6 rings (SSSR count). The van der Waals surface area contributed by atoms with Crippen LogP contribution < -0.4 is 5.32 Å². The van der Waals surface area contributed by atoms with Gasteiger partial charge in [-0.05, 0) is 128 Å². The third-order valence-electron chi connectivity index (χ3n) is 13.0. The van der Waals surface area contributed by atoms with E-state index in [0.29, 0.717) is 65.1 Å². The molecular weight excluding hydrogens is 599 g/mol. The van der Waals surface area contributed by atoms with Crippen LogP contribution in [0.25, 0.3) is 0 Å². The Labute approximate surface area is 272 Å². The van der Waals surface area contributed by atoms with Crippen molar-refractivity contribution in [2.24, 2.45) is 46.3 Å².